The van der Waals surface area contributed by atoms with Crippen LogP contribution in [0.1, 0.15) is 5.56 Å². The van der Waals surface area contributed by atoms with Gasteiger partial charge in [-0.25, -0.2) is 0 Å². The maximum Gasteiger partial charge on any atom is 0.313 e. The molecule has 3 nitrogen and oxygen atoms in total. The highest BCUT2D eigenvalue weighted by Gasteiger charge is 2.04. The Morgan fingerprint density at radius 2 is 2.36 bits per heavy atom. The van der Waals surface area contributed by atoms with Crippen molar-refractivity contribution in [3.05, 3.63) is 28.8 Å². The minimum atomic E-state index is -0.893. The van der Waals surface area contributed by atoms with Crippen molar-refractivity contribution in [1.29, 1.82) is 5.26 Å². The molecule has 0 aliphatic rings. The molecule has 0 aliphatic heterocycles. The molecule has 0 radical (unpaired) electrons. The third-order valence-corrected chi connectivity index (χ3v) is 2.90. The molecule has 1 aromatic carbocycles. The minimum Gasteiger partial charge on any atom is -0.481 e. The molecule has 0 unspecified atom stereocenters. The molecular weight excluding hydrogens is 222 g/mol. The number of aliphatic carboxylic acids is 1. The summed E-state index contributed by atoms with van der Waals surface area (Å²) in [4.78, 5) is 11.0. The van der Waals surface area contributed by atoms with Gasteiger partial charge in [0.05, 0.1) is 22.4 Å². The van der Waals surface area contributed by atoms with Gasteiger partial charge in [-0.1, -0.05) is 11.6 Å². The Kier molecular flexibility index (Phi) is 3.81. The summed E-state index contributed by atoms with van der Waals surface area (Å²) in [7, 11) is 0. The first-order valence-corrected chi connectivity index (χ1v) is 5.04. The molecule has 1 rings (SSSR count). The molecule has 0 saturated heterocycles. The van der Waals surface area contributed by atoms with Crippen LogP contribution >= 0.6 is 23.4 Å². The Morgan fingerprint density at radius 1 is 1.64 bits per heavy atom. The molecule has 0 fully saturated rings. The maximum atomic E-state index is 10.3. The summed E-state index contributed by atoms with van der Waals surface area (Å²) in [5, 5.41) is 17.4. The van der Waals surface area contributed by atoms with Gasteiger partial charge in [-0.2, -0.15) is 5.26 Å². The molecule has 1 N–H and O–H groups in total. The van der Waals surface area contributed by atoms with Gasteiger partial charge in [0, 0.05) is 4.90 Å². The average molecular weight is 228 g/mol. The number of hydrogen-bond donors (Lipinski definition) is 1. The summed E-state index contributed by atoms with van der Waals surface area (Å²) in [5.74, 6) is -0.929. The Morgan fingerprint density at radius 3 is 2.86 bits per heavy atom. The minimum absolute atomic E-state index is 0.0361. The normalized spacial score (nSPS) is 9.43. The molecule has 0 spiro atoms. The molecule has 0 heterocycles. The number of carbonyl (C=O) groups is 1. The Labute approximate surface area is 90.3 Å². The predicted molar refractivity (Wildman–Crippen MR) is 54.5 cm³/mol. The van der Waals surface area contributed by atoms with Crippen molar-refractivity contribution in [2.45, 2.75) is 4.90 Å². The number of carboxylic acids is 1. The standard InChI is InChI=1S/C9H6ClNO2S/c10-7-3-6(4-11)1-2-8(7)14-5-9(12)13/h1-3H,5H2,(H,12,13). The first-order chi connectivity index (χ1) is 6.63. The monoisotopic (exact) mass is 227 g/mol. The molecule has 14 heavy (non-hydrogen) atoms. The summed E-state index contributed by atoms with van der Waals surface area (Å²) in [6.07, 6.45) is 0. The second-order valence-electron chi connectivity index (χ2n) is 2.44. The zero-order valence-corrected chi connectivity index (χ0v) is 8.60. The summed E-state index contributed by atoms with van der Waals surface area (Å²) in [5.41, 5.74) is 0.467. The van der Waals surface area contributed by atoms with Crippen LogP contribution in [-0.2, 0) is 4.79 Å². The van der Waals surface area contributed by atoms with Crippen LogP contribution in [0.4, 0.5) is 0 Å². The Bertz CT molecular complexity index is 400. The predicted octanol–water partition coefficient (Wildman–Crippen LogP) is 2.39. The van der Waals surface area contributed by atoms with Gasteiger partial charge >= 0.3 is 5.97 Å². The van der Waals surface area contributed by atoms with Crippen LogP contribution in [-0.4, -0.2) is 16.8 Å². The number of rotatable bonds is 3. The van der Waals surface area contributed by atoms with E-state index in [1.807, 2.05) is 6.07 Å². The van der Waals surface area contributed by atoms with Crippen molar-refractivity contribution in [1.82, 2.24) is 0 Å². The molecule has 0 atom stereocenters. The number of nitriles is 1. The van der Waals surface area contributed by atoms with Crippen molar-refractivity contribution >= 4 is 29.3 Å². The van der Waals surface area contributed by atoms with Gasteiger partial charge < -0.3 is 5.11 Å². The summed E-state index contributed by atoms with van der Waals surface area (Å²) in [6, 6.07) is 6.72. The highest BCUT2D eigenvalue weighted by Crippen LogP contribution is 2.27. The van der Waals surface area contributed by atoms with E-state index in [2.05, 4.69) is 0 Å². The van der Waals surface area contributed by atoms with Gasteiger partial charge in [0.1, 0.15) is 0 Å². The topological polar surface area (TPSA) is 61.1 Å². The molecule has 72 valence electrons. The second-order valence-corrected chi connectivity index (χ2v) is 3.86. The molecule has 5 heteroatoms. The van der Waals surface area contributed by atoms with Crippen LogP contribution < -0.4 is 0 Å². The van der Waals surface area contributed by atoms with Crippen LogP contribution in [0.15, 0.2) is 23.1 Å². The van der Waals surface area contributed by atoms with E-state index in [9.17, 15) is 4.79 Å². The van der Waals surface area contributed by atoms with E-state index < -0.39 is 5.97 Å². The first-order valence-electron chi connectivity index (χ1n) is 3.67. The van der Waals surface area contributed by atoms with Gasteiger partial charge in [-0.15, -0.1) is 11.8 Å². The van der Waals surface area contributed by atoms with Gasteiger partial charge in [0.25, 0.3) is 0 Å². The average Bonchev–Trinajstić information content (AvgIpc) is 2.15. The van der Waals surface area contributed by atoms with E-state index in [4.69, 9.17) is 22.0 Å². The lowest BCUT2D eigenvalue weighted by Gasteiger charge is -2.01. The quantitative estimate of drug-likeness (QED) is 0.806. The summed E-state index contributed by atoms with van der Waals surface area (Å²) in [6.45, 7) is 0. The Hall–Kier alpha value is -1.18. The fourth-order valence-electron chi connectivity index (χ4n) is 0.827. The van der Waals surface area contributed by atoms with Crippen molar-refractivity contribution in [2.24, 2.45) is 0 Å². The second kappa shape index (κ2) is 4.89. The van der Waals surface area contributed by atoms with Crippen LogP contribution in [0.25, 0.3) is 0 Å². The summed E-state index contributed by atoms with van der Waals surface area (Å²) < 4.78 is 0. The molecule has 1 aromatic rings. The lowest BCUT2D eigenvalue weighted by molar-refractivity contribution is -0.133. The van der Waals surface area contributed by atoms with Crippen LogP contribution in [0.3, 0.4) is 0 Å². The largest absolute Gasteiger partial charge is 0.481 e. The maximum absolute atomic E-state index is 10.3. The fraction of sp³-hybridized carbons (Fsp3) is 0.111. The zero-order valence-electron chi connectivity index (χ0n) is 7.03. The Balaban J connectivity index is 2.80. The number of carboxylic acid groups (broad SMARTS) is 1. The third-order valence-electron chi connectivity index (χ3n) is 1.41. The third kappa shape index (κ3) is 2.95. The molecular formula is C9H6ClNO2S. The van der Waals surface area contributed by atoms with E-state index in [0.29, 0.717) is 15.5 Å². The highest BCUT2D eigenvalue weighted by molar-refractivity contribution is 8.00. The number of hydrogen-bond acceptors (Lipinski definition) is 3. The van der Waals surface area contributed by atoms with E-state index >= 15 is 0 Å². The molecule has 0 saturated carbocycles. The highest BCUT2D eigenvalue weighted by atomic mass is 35.5. The van der Waals surface area contributed by atoms with E-state index in [0.717, 1.165) is 11.8 Å². The van der Waals surface area contributed by atoms with Crippen LogP contribution in [0.5, 0.6) is 0 Å². The lowest BCUT2D eigenvalue weighted by atomic mass is 10.2. The van der Waals surface area contributed by atoms with Gasteiger partial charge in [0.2, 0.25) is 0 Å². The van der Waals surface area contributed by atoms with E-state index in [1.54, 1.807) is 12.1 Å². The number of thioether (sulfide) groups is 1. The van der Waals surface area contributed by atoms with Crippen molar-refractivity contribution in [2.75, 3.05) is 5.75 Å². The van der Waals surface area contributed by atoms with Crippen molar-refractivity contribution < 1.29 is 9.90 Å². The molecule has 0 aliphatic carbocycles. The van der Waals surface area contributed by atoms with Crippen LogP contribution in [0, 0.1) is 11.3 Å². The van der Waals surface area contributed by atoms with Gasteiger partial charge in [0.15, 0.2) is 0 Å². The SMILES string of the molecule is N#Cc1ccc(SCC(=O)O)c(Cl)c1. The smallest absolute Gasteiger partial charge is 0.313 e. The summed E-state index contributed by atoms with van der Waals surface area (Å²) >= 11 is 6.96. The molecule has 0 amide bonds. The van der Waals surface area contributed by atoms with E-state index in [1.165, 1.54) is 6.07 Å². The number of benzene rings is 1. The van der Waals surface area contributed by atoms with Gasteiger partial charge in [-0.05, 0) is 18.2 Å². The molecule has 0 bridgehead atoms. The van der Waals surface area contributed by atoms with Crippen molar-refractivity contribution in [3.63, 3.8) is 0 Å². The molecule has 0 aromatic heterocycles. The van der Waals surface area contributed by atoms with Crippen molar-refractivity contribution in [3.8, 4) is 6.07 Å². The first kappa shape index (κ1) is 10.9. The number of nitrogens with zero attached hydrogens (tertiary/aromatic N) is 1. The van der Waals surface area contributed by atoms with Crippen LogP contribution in [0.2, 0.25) is 5.02 Å². The van der Waals surface area contributed by atoms with Gasteiger partial charge in [-0.3, -0.25) is 4.79 Å². The fourth-order valence-corrected chi connectivity index (χ4v) is 1.81. The zero-order chi connectivity index (χ0) is 10.6. The number of halogens is 1. The lowest BCUT2D eigenvalue weighted by Crippen LogP contribution is -1.97. The van der Waals surface area contributed by atoms with E-state index in [-0.39, 0.29) is 5.75 Å².